The molecule has 8 heteroatoms. The van der Waals surface area contributed by atoms with E-state index in [-0.39, 0.29) is 5.91 Å². The van der Waals surface area contributed by atoms with Crippen LogP contribution in [-0.2, 0) is 0 Å². The minimum absolute atomic E-state index is 0.305. The van der Waals surface area contributed by atoms with Crippen molar-refractivity contribution in [3.63, 3.8) is 0 Å². The summed E-state index contributed by atoms with van der Waals surface area (Å²) in [5.41, 5.74) is 8.99. The van der Waals surface area contributed by atoms with Crippen LogP contribution in [0.5, 0.6) is 0 Å². The molecule has 0 saturated heterocycles. The quantitative estimate of drug-likeness (QED) is 0.748. The van der Waals surface area contributed by atoms with Crippen molar-refractivity contribution in [1.82, 2.24) is 14.8 Å². The Balaban J connectivity index is 1.87. The number of amides is 1. The molecule has 2 heterocycles. The zero-order chi connectivity index (χ0) is 19.1. The van der Waals surface area contributed by atoms with Crippen LogP contribution in [0.25, 0.3) is 5.69 Å². The fourth-order valence-electron chi connectivity index (χ4n) is 3.18. The summed E-state index contributed by atoms with van der Waals surface area (Å²) in [4.78, 5) is 16.5. The number of carbonyl (C=O) groups excluding carboxylic acids is 1. The molecular weight excluding hydrogens is 342 g/mol. The fourth-order valence-corrected chi connectivity index (χ4v) is 3.18. The van der Waals surface area contributed by atoms with Crippen molar-refractivity contribution in [1.29, 1.82) is 5.26 Å². The maximum Gasteiger partial charge on any atom is 0.262 e. The highest BCUT2D eigenvalue weighted by atomic mass is 16.2. The topological polar surface area (TPSA) is 104 Å². The van der Waals surface area contributed by atoms with E-state index in [4.69, 9.17) is 11.0 Å². The lowest BCUT2D eigenvalue weighted by atomic mass is 10.1. The van der Waals surface area contributed by atoms with Gasteiger partial charge >= 0.3 is 0 Å². The second kappa shape index (κ2) is 6.23. The Morgan fingerprint density at radius 2 is 1.85 bits per heavy atom. The second-order valence-corrected chi connectivity index (χ2v) is 6.40. The van der Waals surface area contributed by atoms with Crippen LogP contribution in [0.1, 0.15) is 27.7 Å². The number of anilines is 2. The fraction of sp³-hybridized carbons (Fsp3) is 0.158. The first-order chi connectivity index (χ1) is 13.0. The van der Waals surface area contributed by atoms with Crippen molar-refractivity contribution in [3.8, 4) is 11.8 Å². The molecule has 2 N–H and O–H groups in total. The van der Waals surface area contributed by atoms with E-state index in [1.165, 1.54) is 4.90 Å². The third kappa shape index (κ3) is 2.53. The van der Waals surface area contributed by atoms with E-state index < -0.39 is 6.17 Å². The molecule has 0 spiro atoms. The minimum Gasteiger partial charge on any atom is -0.347 e. The predicted molar refractivity (Wildman–Crippen MR) is 101 cm³/mol. The van der Waals surface area contributed by atoms with Gasteiger partial charge in [0.2, 0.25) is 11.9 Å². The Hall–Kier alpha value is -3.70. The molecule has 3 aromatic rings. The van der Waals surface area contributed by atoms with Gasteiger partial charge < -0.3 is 10.6 Å². The van der Waals surface area contributed by atoms with Crippen molar-refractivity contribution in [3.05, 3.63) is 65.2 Å². The van der Waals surface area contributed by atoms with Gasteiger partial charge in [-0.1, -0.05) is 18.2 Å². The molecule has 1 aliphatic heterocycles. The van der Waals surface area contributed by atoms with Gasteiger partial charge in [-0.25, -0.2) is 4.57 Å². The number of hydrogen-bond donors (Lipinski definition) is 1. The van der Waals surface area contributed by atoms with Gasteiger partial charge in [0.1, 0.15) is 6.17 Å². The Bertz CT molecular complexity index is 1060. The van der Waals surface area contributed by atoms with Crippen molar-refractivity contribution >= 4 is 17.8 Å². The summed E-state index contributed by atoms with van der Waals surface area (Å²) in [5, 5.41) is 17.4. The number of hydrogen-bond acceptors (Lipinski definition) is 6. The molecular formula is C19H17N7O. The molecule has 4 rings (SSSR count). The van der Waals surface area contributed by atoms with E-state index in [0.717, 1.165) is 11.3 Å². The van der Waals surface area contributed by atoms with Crippen molar-refractivity contribution in [2.24, 2.45) is 5.73 Å². The number of nitrogens with zero attached hydrogens (tertiary/aromatic N) is 6. The van der Waals surface area contributed by atoms with Crippen LogP contribution in [0.2, 0.25) is 0 Å². The SMILES string of the molecule is CN(C)c1nnc2n1-c1ccccc1C(N)N2C(=O)c1ccc(C#N)cc1. The van der Waals surface area contributed by atoms with Gasteiger partial charge in [-0.2, -0.15) is 5.26 Å². The molecule has 134 valence electrons. The van der Waals surface area contributed by atoms with E-state index in [2.05, 4.69) is 10.2 Å². The summed E-state index contributed by atoms with van der Waals surface area (Å²) in [6, 6.07) is 16.1. The first-order valence-corrected chi connectivity index (χ1v) is 8.34. The van der Waals surface area contributed by atoms with Crippen LogP contribution in [-0.4, -0.2) is 34.8 Å². The largest absolute Gasteiger partial charge is 0.347 e. The van der Waals surface area contributed by atoms with Crippen LogP contribution in [0, 0.1) is 11.3 Å². The number of para-hydroxylation sites is 1. The summed E-state index contributed by atoms with van der Waals surface area (Å²) >= 11 is 0. The van der Waals surface area contributed by atoms with Crippen LogP contribution < -0.4 is 15.5 Å². The van der Waals surface area contributed by atoms with Gasteiger partial charge in [-0.15, -0.1) is 10.2 Å². The van der Waals surface area contributed by atoms with E-state index in [1.807, 2.05) is 53.9 Å². The van der Waals surface area contributed by atoms with Gasteiger partial charge in [-0.3, -0.25) is 9.69 Å². The number of rotatable bonds is 2. The Kier molecular flexibility index (Phi) is 3.86. The van der Waals surface area contributed by atoms with Crippen LogP contribution >= 0.6 is 0 Å². The summed E-state index contributed by atoms with van der Waals surface area (Å²) in [6.07, 6.45) is -0.698. The summed E-state index contributed by atoms with van der Waals surface area (Å²) in [7, 11) is 3.72. The highest BCUT2D eigenvalue weighted by Crippen LogP contribution is 2.38. The second-order valence-electron chi connectivity index (χ2n) is 6.40. The predicted octanol–water partition coefficient (Wildman–Crippen LogP) is 1.82. The highest BCUT2D eigenvalue weighted by molar-refractivity contribution is 6.06. The number of fused-ring (bicyclic) bond motifs is 3. The lowest BCUT2D eigenvalue weighted by molar-refractivity contribution is 0.0973. The van der Waals surface area contributed by atoms with Crippen molar-refractivity contribution in [2.45, 2.75) is 6.17 Å². The number of carbonyl (C=O) groups is 1. The molecule has 0 radical (unpaired) electrons. The van der Waals surface area contributed by atoms with E-state index in [0.29, 0.717) is 23.0 Å². The normalized spacial score (nSPS) is 14.9. The molecule has 0 fully saturated rings. The van der Waals surface area contributed by atoms with Crippen LogP contribution in [0.15, 0.2) is 48.5 Å². The van der Waals surface area contributed by atoms with Crippen LogP contribution in [0.3, 0.4) is 0 Å². The van der Waals surface area contributed by atoms with E-state index in [1.54, 1.807) is 24.3 Å². The summed E-state index contributed by atoms with van der Waals surface area (Å²) in [6.45, 7) is 0. The average Bonchev–Trinajstić information content (AvgIpc) is 3.13. The number of nitrogens with two attached hydrogens (primary N) is 1. The first kappa shape index (κ1) is 16.8. The molecule has 0 saturated carbocycles. The maximum atomic E-state index is 13.2. The Morgan fingerprint density at radius 3 is 2.52 bits per heavy atom. The maximum absolute atomic E-state index is 13.2. The molecule has 1 amide bonds. The lowest BCUT2D eigenvalue weighted by Gasteiger charge is -2.34. The molecule has 1 aromatic heterocycles. The number of nitriles is 1. The number of benzene rings is 2. The minimum atomic E-state index is -0.698. The number of aromatic nitrogens is 3. The highest BCUT2D eigenvalue weighted by Gasteiger charge is 2.37. The average molecular weight is 359 g/mol. The summed E-state index contributed by atoms with van der Waals surface area (Å²) < 4.78 is 1.82. The molecule has 27 heavy (non-hydrogen) atoms. The third-order valence-corrected chi connectivity index (χ3v) is 4.50. The smallest absolute Gasteiger partial charge is 0.262 e. The molecule has 0 aliphatic carbocycles. The van der Waals surface area contributed by atoms with Crippen molar-refractivity contribution < 1.29 is 4.79 Å². The summed E-state index contributed by atoms with van der Waals surface area (Å²) in [5.74, 6) is 0.654. The van der Waals surface area contributed by atoms with Crippen molar-refractivity contribution in [2.75, 3.05) is 23.9 Å². The van der Waals surface area contributed by atoms with Gasteiger partial charge in [0.05, 0.1) is 17.3 Å². The van der Waals surface area contributed by atoms with E-state index in [9.17, 15) is 4.79 Å². The molecule has 8 nitrogen and oxygen atoms in total. The molecule has 1 aliphatic rings. The monoisotopic (exact) mass is 359 g/mol. The Morgan fingerprint density at radius 1 is 1.15 bits per heavy atom. The first-order valence-electron chi connectivity index (χ1n) is 8.34. The molecule has 0 bridgehead atoms. The standard InChI is InChI=1S/C19H17N7O/c1-24(2)18-22-23-19-25(18)15-6-4-3-5-14(15)16(21)26(19)17(27)13-9-7-12(11-20)8-10-13/h3-10,16H,21H2,1-2H3. The third-order valence-electron chi connectivity index (χ3n) is 4.50. The zero-order valence-corrected chi connectivity index (χ0v) is 14.9. The zero-order valence-electron chi connectivity index (χ0n) is 14.9. The molecule has 2 aromatic carbocycles. The lowest BCUT2D eigenvalue weighted by Crippen LogP contribution is -2.44. The molecule has 1 atom stereocenters. The van der Waals surface area contributed by atoms with Gasteiger partial charge in [0.15, 0.2) is 0 Å². The van der Waals surface area contributed by atoms with Gasteiger partial charge in [0, 0.05) is 25.2 Å². The molecule has 1 unspecified atom stereocenters. The van der Waals surface area contributed by atoms with Crippen LogP contribution in [0.4, 0.5) is 11.9 Å². The Labute approximate surface area is 156 Å². The van der Waals surface area contributed by atoms with Gasteiger partial charge in [-0.05, 0) is 30.3 Å². The van der Waals surface area contributed by atoms with Gasteiger partial charge in [0.25, 0.3) is 5.91 Å². The van der Waals surface area contributed by atoms with E-state index >= 15 is 0 Å².